The van der Waals surface area contributed by atoms with Crippen molar-refractivity contribution >= 4 is 47.8 Å². The maximum absolute atomic E-state index is 12.5. The predicted molar refractivity (Wildman–Crippen MR) is 211 cm³/mol. The van der Waals surface area contributed by atoms with E-state index < -0.39 is 9.84 Å². The quantitative estimate of drug-likeness (QED) is 0.157. The molecule has 10 nitrogen and oxygen atoms in total. The highest BCUT2D eigenvalue weighted by Gasteiger charge is 2.23. The molecule has 8 aromatic rings. The van der Waals surface area contributed by atoms with E-state index in [4.69, 9.17) is 14.0 Å². The molecular weight excluding hydrogens is 752 g/mol. The Hall–Kier alpha value is -5.33. The lowest BCUT2D eigenvalue weighted by atomic mass is 10.0. The van der Waals surface area contributed by atoms with Crippen LogP contribution in [0, 0.1) is 41.5 Å². The van der Waals surface area contributed by atoms with E-state index in [-0.39, 0.29) is 4.90 Å². The van der Waals surface area contributed by atoms with Gasteiger partial charge in [0.25, 0.3) is 0 Å². The fourth-order valence-electron chi connectivity index (χ4n) is 6.90. The summed E-state index contributed by atoms with van der Waals surface area (Å²) in [6, 6.07) is 28.4. The largest absolute Gasteiger partial charge is 0.361 e. The summed E-state index contributed by atoms with van der Waals surface area (Å²) >= 11 is 3.69. The van der Waals surface area contributed by atoms with Crippen LogP contribution in [0.3, 0.4) is 0 Å². The maximum Gasteiger partial charge on any atom is 0.177 e. The fraction of sp³-hybridized carbons (Fsp3) is 0.220. The number of hydrogen-bond donors (Lipinski definition) is 0. The van der Waals surface area contributed by atoms with Gasteiger partial charge in [-0.15, -0.1) is 0 Å². The molecule has 0 aliphatic heterocycles. The lowest BCUT2D eigenvalue weighted by Gasteiger charge is -2.10. The molecule has 0 bridgehead atoms. The van der Waals surface area contributed by atoms with Crippen LogP contribution in [0.1, 0.15) is 45.7 Å². The Morgan fingerprint density at radius 1 is 0.623 bits per heavy atom. The summed E-state index contributed by atoms with van der Waals surface area (Å²) in [5.41, 5.74) is 11.1. The van der Waals surface area contributed by atoms with Crippen molar-refractivity contribution in [3.05, 3.63) is 135 Å². The van der Waals surface area contributed by atoms with E-state index in [2.05, 4.69) is 72.2 Å². The molecule has 0 aliphatic carbocycles. The monoisotopic (exact) mass is 790 g/mol. The standard InChI is InChI=1S/C21H21N3O3S.C20H18BrN3O/c1-13-20(14(2)27-23-13)17-10-18-21(19(11-17)28(4,25)26)22-15(3)24(18)12-16-8-6-5-7-9-16;1-12-19(13(2)25-23-12)16-9-17(21)20-18(10-16)24(14(3)22-20)11-15-7-5-4-6-8-15/h5-11H,12H2,1-4H3;4-10H,11H2,1-3H3. The molecule has 53 heavy (non-hydrogen) atoms. The molecule has 0 amide bonds. The lowest BCUT2D eigenvalue weighted by molar-refractivity contribution is 0.393. The van der Waals surface area contributed by atoms with Crippen molar-refractivity contribution in [1.29, 1.82) is 0 Å². The first-order valence-electron chi connectivity index (χ1n) is 17.1. The highest BCUT2D eigenvalue weighted by atomic mass is 79.9. The van der Waals surface area contributed by atoms with Crippen molar-refractivity contribution in [3.63, 3.8) is 0 Å². The highest BCUT2D eigenvalue weighted by molar-refractivity contribution is 9.10. The third-order valence-corrected chi connectivity index (χ3v) is 11.1. The molecule has 0 spiro atoms. The van der Waals surface area contributed by atoms with Crippen LogP contribution in [-0.4, -0.2) is 44.1 Å². The summed E-state index contributed by atoms with van der Waals surface area (Å²) in [5.74, 6) is 3.24. The van der Waals surface area contributed by atoms with Gasteiger partial charge in [0.05, 0.1) is 27.3 Å². The van der Waals surface area contributed by atoms with Gasteiger partial charge in [-0.1, -0.05) is 71.0 Å². The number of benzene rings is 4. The zero-order valence-electron chi connectivity index (χ0n) is 30.6. The zero-order valence-corrected chi connectivity index (χ0v) is 33.0. The number of aromatic nitrogens is 6. The van der Waals surface area contributed by atoms with Gasteiger partial charge in [-0.3, -0.25) is 0 Å². The van der Waals surface area contributed by atoms with Gasteiger partial charge in [0, 0.05) is 34.9 Å². The topological polar surface area (TPSA) is 122 Å². The predicted octanol–water partition coefficient (Wildman–Crippen LogP) is 9.50. The van der Waals surface area contributed by atoms with Crippen LogP contribution in [0.15, 0.2) is 103 Å². The van der Waals surface area contributed by atoms with Crippen molar-refractivity contribution < 1.29 is 17.5 Å². The van der Waals surface area contributed by atoms with Gasteiger partial charge in [-0.25, -0.2) is 18.4 Å². The number of imidazole rings is 2. The molecule has 0 fully saturated rings. The first-order chi connectivity index (χ1) is 25.3. The summed E-state index contributed by atoms with van der Waals surface area (Å²) in [5, 5.41) is 8.10. The number of aryl methyl sites for hydroxylation is 6. The Morgan fingerprint density at radius 2 is 1.06 bits per heavy atom. The van der Waals surface area contributed by atoms with Crippen LogP contribution >= 0.6 is 15.9 Å². The second-order valence-corrected chi connectivity index (χ2v) is 16.1. The summed E-state index contributed by atoms with van der Waals surface area (Å²) < 4.78 is 41.0. The second-order valence-electron chi connectivity index (χ2n) is 13.3. The number of halogens is 1. The minimum atomic E-state index is -3.47. The number of hydrogen-bond acceptors (Lipinski definition) is 8. The molecular formula is C41H39BrN6O4S. The smallest absolute Gasteiger partial charge is 0.177 e. The minimum absolute atomic E-state index is 0.218. The Balaban J connectivity index is 0.000000165. The van der Waals surface area contributed by atoms with E-state index in [1.165, 1.54) is 11.8 Å². The van der Waals surface area contributed by atoms with Crippen molar-refractivity contribution in [2.45, 2.75) is 59.5 Å². The third-order valence-electron chi connectivity index (χ3n) is 9.42. The van der Waals surface area contributed by atoms with Gasteiger partial charge in [0.15, 0.2) is 9.84 Å². The summed E-state index contributed by atoms with van der Waals surface area (Å²) in [6.07, 6.45) is 1.21. The average Bonchev–Trinajstić information content (AvgIpc) is 3.84. The summed E-state index contributed by atoms with van der Waals surface area (Å²) in [7, 11) is -3.47. The maximum atomic E-state index is 12.5. The van der Waals surface area contributed by atoms with Crippen LogP contribution in [0.5, 0.6) is 0 Å². The molecule has 12 heteroatoms. The average molecular weight is 792 g/mol. The normalized spacial score (nSPS) is 11.7. The molecule has 0 N–H and O–H groups in total. The van der Waals surface area contributed by atoms with E-state index in [1.807, 2.05) is 88.6 Å². The number of rotatable bonds is 7. The Morgan fingerprint density at radius 3 is 1.49 bits per heavy atom. The van der Waals surface area contributed by atoms with Gasteiger partial charge in [0.2, 0.25) is 0 Å². The molecule has 0 saturated carbocycles. The van der Waals surface area contributed by atoms with Crippen molar-refractivity contribution in [2.75, 3.05) is 6.26 Å². The second kappa shape index (κ2) is 14.2. The number of fused-ring (bicyclic) bond motifs is 2. The van der Waals surface area contributed by atoms with Gasteiger partial charge in [-0.05, 0) is 104 Å². The number of sulfone groups is 1. The molecule has 270 valence electrons. The lowest BCUT2D eigenvalue weighted by Crippen LogP contribution is -2.03. The summed E-state index contributed by atoms with van der Waals surface area (Å²) in [4.78, 5) is 9.56. The van der Waals surface area contributed by atoms with Gasteiger partial charge in [-0.2, -0.15) is 0 Å². The first-order valence-corrected chi connectivity index (χ1v) is 19.8. The molecule has 8 rings (SSSR count). The molecule has 4 heterocycles. The SMILES string of the molecule is Cc1noc(C)c1-c1cc(Br)c2nc(C)n(Cc3ccccc3)c2c1.Cc1noc(C)c1-c1cc(S(C)(=O)=O)c2nc(C)n(Cc3ccccc3)c2c1. The minimum Gasteiger partial charge on any atom is -0.361 e. The van der Waals surface area contributed by atoms with Crippen LogP contribution in [0.25, 0.3) is 44.3 Å². The van der Waals surface area contributed by atoms with E-state index in [9.17, 15) is 8.42 Å². The van der Waals surface area contributed by atoms with Crippen molar-refractivity contribution in [2.24, 2.45) is 0 Å². The molecule has 0 aliphatic rings. The van der Waals surface area contributed by atoms with E-state index in [1.54, 1.807) is 6.07 Å². The Labute approximate surface area is 316 Å². The van der Waals surface area contributed by atoms with E-state index in [0.29, 0.717) is 17.8 Å². The molecule has 4 aromatic heterocycles. The molecule has 4 aromatic carbocycles. The third kappa shape index (κ3) is 7.08. The molecule has 0 radical (unpaired) electrons. The number of nitrogens with zero attached hydrogens (tertiary/aromatic N) is 6. The Kier molecular flexibility index (Phi) is 9.69. The zero-order chi connectivity index (χ0) is 37.6. The van der Waals surface area contributed by atoms with Gasteiger partial charge < -0.3 is 18.2 Å². The van der Waals surface area contributed by atoms with Gasteiger partial charge in [0.1, 0.15) is 34.2 Å². The van der Waals surface area contributed by atoms with Crippen LogP contribution < -0.4 is 0 Å². The fourth-order valence-corrected chi connectivity index (χ4v) is 8.28. The molecule has 0 atom stereocenters. The molecule has 0 unspecified atom stereocenters. The highest BCUT2D eigenvalue weighted by Crippen LogP contribution is 2.36. The Bertz CT molecular complexity index is 2690. The van der Waals surface area contributed by atoms with Crippen molar-refractivity contribution in [1.82, 2.24) is 29.4 Å². The van der Waals surface area contributed by atoms with Crippen molar-refractivity contribution in [3.8, 4) is 22.3 Å². The van der Waals surface area contributed by atoms with Crippen LogP contribution in [0.4, 0.5) is 0 Å². The first kappa shape index (κ1) is 36.0. The molecule has 0 saturated heterocycles. The van der Waals surface area contributed by atoms with Gasteiger partial charge >= 0.3 is 0 Å². The van der Waals surface area contributed by atoms with Crippen LogP contribution in [0.2, 0.25) is 0 Å². The van der Waals surface area contributed by atoms with E-state index in [0.717, 1.165) is 84.2 Å². The van der Waals surface area contributed by atoms with E-state index >= 15 is 0 Å². The van der Waals surface area contributed by atoms with Crippen LogP contribution in [-0.2, 0) is 22.9 Å². The summed E-state index contributed by atoms with van der Waals surface area (Å²) in [6.45, 7) is 12.9.